The number of pyridine rings is 1. The van der Waals surface area contributed by atoms with Crippen LogP contribution in [0.15, 0.2) is 42.6 Å². The highest BCUT2D eigenvalue weighted by Crippen LogP contribution is 2.25. The number of nitrogen functional groups attached to an aromatic ring is 1. The van der Waals surface area contributed by atoms with Gasteiger partial charge in [-0.25, -0.2) is 0 Å². The third kappa shape index (κ3) is 3.51. The Balaban J connectivity index is 2.21. The van der Waals surface area contributed by atoms with E-state index in [4.69, 9.17) is 10.5 Å². The van der Waals surface area contributed by atoms with E-state index in [1.54, 1.807) is 24.4 Å². The summed E-state index contributed by atoms with van der Waals surface area (Å²) in [6, 6.07) is 10.5. The molecule has 21 heavy (non-hydrogen) atoms. The van der Waals surface area contributed by atoms with Crippen molar-refractivity contribution in [2.45, 2.75) is 19.9 Å². The predicted molar refractivity (Wildman–Crippen MR) is 82.1 cm³/mol. The van der Waals surface area contributed by atoms with Crippen LogP contribution in [0.5, 0.6) is 5.75 Å². The zero-order valence-corrected chi connectivity index (χ0v) is 12.2. The van der Waals surface area contributed by atoms with E-state index in [1.165, 1.54) is 0 Å². The highest BCUT2D eigenvalue weighted by molar-refractivity contribution is 6.02. The summed E-state index contributed by atoms with van der Waals surface area (Å²) in [5.41, 5.74) is 7.46. The fourth-order valence-corrected chi connectivity index (χ4v) is 2.04. The van der Waals surface area contributed by atoms with Crippen molar-refractivity contribution in [3.63, 3.8) is 0 Å². The zero-order valence-electron chi connectivity index (χ0n) is 12.2. The average molecular weight is 285 g/mol. The molecule has 5 nitrogen and oxygen atoms in total. The lowest BCUT2D eigenvalue weighted by molar-refractivity contribution is 0.0936. The van der Waals surface area contributed by atoms with Gasteiger partial charge in [0.1, 0.15) is 11.3 Å². The summed E-state index contributed by atoms with van der Waals surface area (Å²) in [7, 11) is 0. The number of anilines is 1. The van der Waals surface area contributed by atoms with Gasteiger partial charge in [0, 0.05) is 11.9 Å². The van der Waals surface area contributed by atoms with Gasteiger partial charge in [0.2, 0.25) is 0 Å². The van der Waals surface area contributed by atoms with Gasteiger partial charge in [-0.1, -0.05) is 12.1 Å². The molecule has 1 heterocycles. The second kappa shape index (κ2) is 6.74. The lowest BCUT2D eigenvalue weighted by Crippen LogP contribution is -2.28. The van der Waals surface area contributed by atoms with Crippen LogP contribution >= 0.6 is 0 Å². The molecular weight excluding hydrogens is 266 g/mol. The molecule has 2 aromatic rings. The molecule has 1 amide bonds. The molecule has 3 N–H and O–H groups in total. The normalized spacial score (nSPS) is 11.7. The summed E-state index contributed by atoms with van der Waals surface area (Å²) >= 11 is 0. The van der Waals surface area contributed by atoms with Crippen molar-refractivity contribution in [3.8, 4) is 5.75 Å². The Bertz CT molecular complexity index is 614. The van der Waals surface area contributed by atoms with Gasteiger partial charge in [0.15, 0.2) is 0 Å². The highest BCUT2D eigenvalue weighted by atomic mass is 16.5. The van der Waals surface area contributed by atoms with Crippen LogP contribution in [0.3, 0.4) is 0 Å². The quantitative estimate of drug-likeness (QED) is 0.828. The maximum atomic E-state index is 12.4. The van der Waals surface area contributed by atoms with Crippen molar-refractivity contribution in [1.82, 2.24) is 10.3 Å². The SMILES string of the molecule is CCOc1cccc(N)c1C(=O)NC(C)c1ccccn1. The molecule has 0 aliphatic carbocycles. The molecular formula is C16H19N3O2. The van der Waals surface area contributed by atoms with E-state index < -0.39 is 0 Å². The van der Waals surface area contributed by atoms with E-state index in [9.17, 15) is 4.79 Å². The molecule has 0 aliphatic rings. The van der Waals surface area contributed by atoms with E-state index in [2.05, 4.69) is 10.3 Å². The standard InChI is InChI=1S/C16H19N3O2/c1-3-21-14-9-6-7-12(17)15(14)16(20)19-11(2)13-8-4-5-10-18-13/h4-11H,3,17H2,1-2H3,(H,19,20). The van der Waals surface area contributed by atoms with Crippen molar-refractivity contribution < 1.29 is 9.53 Å². The lowest BCUT2D eigenvalue weighted by Gasteiger charge is -2.16. The van der Waals surface area contributed by atoms with Crippen LogP contribution in [0.25, 0.3) is 0 Å². The first-order valence-electron chi connectivity index (χ1n) is 6.86. The van der Waals surface area contributed by atoms with Crippen molar-refractivity contribution in [1.29, 1.82) is 0 Å². The molecule has 1 aromatic carbocycles. The number of ether oxygens (including phenoxy) is 1. The molecule has 1 atom stereocenters. The van der Waals surface area contributed by atoms with E-state index in [1.807, 2.05) is 32.0 Å². The minimum Gasteiger partial charge on any atom is -0.493 e. The van der Waals surface area contributed by atoms with E-state index >= 15 is 0 Å². The fourth-order valence-electron chi connectivity index (χ4n) is 2.04. The second-order valence-corrected chi connectivity index (χ2v) is 4.60. The number of nitrogens with two attached hydrogens (primary N) is 1. The first-order valence-corrected chi connectivity index (χ1v) is 6.86. The Kier molecular flexibility index (Phi) is 4.77. The third-order valence-corrected chi connectivity index (χ3v) is 3.06. The minimum absolute atomic E-state index is 0.215. The Morgan fingerprint density at radius 3 is 2.81 bits per heavy atom. The molecule has 0 radical (unpaired) electrons. The molecule has 0 spiro atoms. The number of rotatable bonds is 5. The number of amides is 1. The smallest absolute Gasteiger partial charge is 0.257 e. The molecule has 0 fully saturated rings. The van der Waals surface area contributed by atoms with Crippen LogP contribution in [-0.4, -0.2) is 17.5 Å². The number of aromatic nitrogens is 1. The van der Waals surface area contributed by atoms with Crippen LogP contribution in [0.2, 0.25) is 0 Å². The first kappa shape index (κ1) is 14.8. The molecule has 1 aromatic heterocycles. The van der Waals surface area contributed by atoms with Crippen LogP contribution in [0.1, 0.15) is 35.9 Å². The third-order valence-electron chi connectivity index (χ3n) is 3.06. The Morgan fingerprint density at radius 2 is 2.14 bits per heavy atom. The number of carbonyl (C=O) groups excluding carboxylic acids is 1. The van der Waals surface area contributed by atoms with Gasteiger partial charge < -0.3 is 15.8 Å². The van der Waals surface area contributed by atoms with Gasteiger partial charge in [0.05, 0.1) is 18.3 Å². The largest absolute Gasteiger partial charge is 0.493 e. The summed E-state index contributed by atoms with van der Waals surface area (Å²) in [4.78, 5) is 16.7. The molecule has 110 valence electrons. The summed E-state index contributed by atoms with van der Waals surface area (Å²) in [6.07, 6.45) is 1.69. The van der Waals surface area contributed by atoms with Crippen molar-refractivity contribution in [2.75, 3.05) is 12.3 Å². The number of nitrogens with one attached hydrogen (secondary N) is 1. The van der Waals surface area contributed by atoms with Gasteiger partial charge in [-0.05, 0) is 38.1 Å². The molecule has 1 unspecified atom stereocenters. The van der Waals surface area contributed by atoms with Gasteiger partial charge in [-0.15, -0.1) is 0 Å². The van der Waals surface area contributed by atoms with Gasteiger partial charge in [-0.3, -0.25) is 9.78 Å². The summed E-state index contributed by atoms with van der Waals surface area (Å²) < 4.78 is 5.47. The predicted octanol–water partition coefficient (Wildman–Crippen LogP) is 2.55. The highest BCUT2D eigenvalue weighted by Gasteiger charge is 2.18. The maximum Gasteiger partial charge on any atom is 0.257 e. The Morgan fingerprint density at radius 1 is 1.33 bits per heavy atom. The van der Waals surface area contributed by atoms with Gasteiger partial charge in [0.25, 0.3) is 5.91 Å². The molecule has 5 heteroatoms. The number of hydrogen-bond acceptors (Lipinski definition) is 4. The summed E-state index contributed by atoms with van der Waals surface area (Å²) in [6.45, 7) is 4.21. The monoisotopic (exact) mass is 285 g/mol. The van der Waals surface area contributed by atoms with Crippen LogP contribution in [0, 0.1) is 0 Å². The molecule has 2 rings (SSSR count). The number of nitrogens with zero attached hydrogens (tertiary/aromatic N) is 1. The Hall–Kier alpha value is -2.56. The Labute approximate surface area is 124 Å². The van der Waals surface area contributed by atoms with Crippen LogP contribution in [0.4, 0.5) is 5.69 Å². The molecule has 0 saturated heterocycles. The lowest BCUT2D eigenvalue weighted by atomic mass is 10.1. The van der Waals surface area contributed by atoms with Crippen molar-refractivity contribution >= 4 is 11.6 Å². The molecule has 0 aliphatic heterocycles. The van der Waals surface area contributed by atoms with E-state index in [-0.39, 0.29) is 11.9 Å². The molecule has 0 saturated carbocycles. The van der Waals surface area contributed by atoms with Gasteiger partial charge in [-0.2, -0.15) is 0 Å². The fraction of sp³-hybridized carbons (Fsp3) is 0.250. The van der Waals surface area contributed by atoms with Crippen LogP contribution in [-0.2, 0) is 0 Å². The number of benzene rings is 1. The first-order chi connectivity index (χ1) is 10.1. The minimum atomic E-state index is -0.269. The van der Waals surface area contributed by atoms with E-state index in [0.717, 1.165) is 5.69 Å². The van der Waals surface area contributed by atoms with E-state index in [0.29, 0.717) is 23.6 Å². The number of carbonyl (C=O) groups is 1. The number of hydrogen-bond donors (Lipinski definition) is 2. The van der Waals surface area contributed by atoms with Crippen molar-refractivity contribution in [3.05, 3.63) is 53.9 Å². The van der Waals surface area contributed by atoms with Crippen LogP contribution < -0.4 is 15.8 Å². The molecule has 0 bridgehead atoms. The zero-order chi connectivity index (χ0) is 15.2. The maximum absolute atomic E-state index is 12.4. The van der Waals surface area contributed by atoms with Crippen molar-refractivity contribution in [2.24, 2.45) is 0 Å². The summed E-state index contributed by atoms with van der Waals surface area (Å²) in [5.74, 6) is 0.220. The van der Waals surface area contributed by atoms with Gasteiger partial charge >= 0.3 is 0 Å². The second-order valence-electron chi connectivity index (χ2n) is 4.60. The topological polar surface area (TPSA) is 77.2 Å². The summed E-state index contributed by atoms with van der Waals surface area (Å²) in [5, 5.41) is 2.89. The average Bonchev–Trinajstić information content (AvgIpc) is 2.48.